The van der Waals surface area contributed by atoms with Crippen LogP contribution in [0.5, 0.6) is 5.75 Å². The fourth-order valence-corrected chi connectivity index (χ4v) is 4.92. The van der Waals surface area contributed by atoms with Crippen LogP contribution in [-0.4, -0.2) is 62.8 Å². The number of hydrogen-bond donors (Lipinski definition) is 1. The van der Waals surface area contributed by atoms with E-state index in [1.807, 2.05) is 38.4 Å². The fraction of sp³-hybridized carbons (Fsp3) is 0.767. The summed E-state index contributed by atoms with van der Waals surface area (Å²) in [6.45, 7) is 4.83. The van der Waals surface area contributed by atoms with Crippen molar-refractivity contribution in [2.45, 2.75) is 109 Å². The van der Waals surface area contributed by atoms with Crippen molar-refractivity contribution in [1.82, 2.24) is 4.90 Å². The predicted molar refractivity (Wildman–Crippen MR) is 156 cm³/mol. The molecule has 0 aliphatic rings. The first-order valence-corrected chi connectivity index (χ1v) is 15.9. The van der Waals surface area contributed by atoms with Gasteiger partial charge in [0.2, 0.25) is 0 Å². The molecule has 0 bridgehead atoms. The van der Waals surface area contributed by atoms with Gasteiger partial charge in [0.25, 0.3) is 6.47 Å². The Balaban J connectivity index is 2.25. The number of unbranched alkanes of at least 4 members (excludes halogenated alkanes) is 12. The van der Waals surface area contributed by atoms with Crippen LogP contribution in [0.4, 0.5) is 0 Å². The molecule has 0 fully saturated rings. The Labute approximate surface area is 233 Å². The lowest BCUT2D eigenvalue weighted by Gasteiger charge is -2.19. The van der Waals surface area contributed by atoms with Crippen LogP contribution in [0.3, 0.4) is 0 Å². The number of rotatable bonds is 27. The van der Waals surface area contributed by atoms with Crippen molar-refractivity contribution in [3.8, 4) is 5.75 Å². The summed E-state index contributed by atoms with van der Waals surface area (Å²) in [5, 5.41) is 0. The number of carbonyl (C=O) groups is 1. The van der Waals surface area contributed by atoms with Crippen molar-refractivity contribution in [1.29, 1.82) is 0 Å². The maximum Gasteiger partial charge on any atom is 0.329 e. The average Bonchev–Trinajstić information content (AvgIpc) is 2.90. The molecule has 0 aliphatic heterocycles. The van der Waals surface area contributed by atoms with Gasteiger partial charge < -0.3 is 28.3 Å². The summed E-state index contributed by atoms with van der Waals surface area (Å²) in [6.07, 6.45) is 17.5. The van der Waals surface area contributed by atoms with Gasteiger partial charge >= 0.3 is 8.60 Å². The normalized spacial score (nSPS) is 13.0. The highest BCUT2D eigenvalue weighted by Gasteiger charge is 2.17. The standard InChI is InChI=1S/C30H54NO6P/c1-4-5-6-7-8-9-10-11-12-13-14-18-23-34-30-21-16-15-20-28(30)25-29(35-27-32)26-37-38(33)36-24-19-17-22-31(2)3/h15-16,20-21,27,29,33H,4-14,17-19,22-26H2,1-3H3. The predicted octanol–water partition coefficient (Wildman–Crippen LogP) is 7.44. The molecule has 0 spiro atoms. The van der Waals surface area contributed by atoms with Gasteiger partial charge in [-0.2, -0.15) is 0 Å². The number of ether oxygens (including phenoxy) is 2. The molecule has 0 radical (unpaired) electrons. The fourth-order valence-electron chi connectivity index (χ4n) is 4.27. The molecule has 1 aromatic carbocycles. The van der Waals surface area contributed by atoms with Gasteiger partial charge in [-0.05, 0) is 51.5 Å². The van der Waals surface area contributed by atoms with Crippen molar-refractivity contribution >= 4 is 15.1 Å². The second-order valence-electron chi connectivity index (χ2n) is 10.3. The highest BCUT2D eigenvalue weighted by molar-refractivity contribution is 7.40. The van der Waals surface area contributed by atoms with Gasteiger partial charge in [-0.25, -0.2) is 0 Å². The number of benzene rings is 1. The Bertz CT molecular complexity index is 678. The van der Waals surface area contributed by atoms with E-state index < -0.39 is 14.7 Å². The SMILES string of the molecule is CCCCCCCCCCCCCCOc1ccccc1CC(COP(O)OCCCCN(C)C)OC=O. The monoisotopic (exact) mass is 555 g/mol. The molecule has 0 heterocycles. The van der Waals surface area contributed by atoms with Crippen LogP contribution in [0.25, 0.3) is 0 Å². The first kappa shape index (κ1) is 34.8. The molecule has 2 atom stereocenters. The molecule has 0 aromatic heterocycles. The summed E-state index contributed by atoms with van der Waals surface area (Å²) in [5.41, 5.74) is 0.953. The Morgan fingerprint density at radius 3 is 2.08 bits per heavy atom. The van der Waals surface area contributed by atoms with E-state index >= 15 is 0 Å². The van der Waals surface area contributed by atoms with Gasteiger partial charge in [0.15, 0.2) is 0 Å². The first-order valence-electron chi connectivity index (χ1n) is 14.8. The molecule has 0 aliphatic carbocycles. The van der Waals surface area contributed by atoms with Crippen LogP contribution < -0.4 is 4.74 Å². The van der Waals surface area contributed by atoms with E-state index in [1.165, 1.54) is 70.6 Å². The zero-order valence-corrected chi connectivity index (χ0v) is 25.2. The zero-order chi connectivity index (χ0) is 27.7. The average molecular weight is 556 g/mol. The van der Waals surface area contributed by atoms with Gasteiger partial charge in [0, 0.05) is 6.42 Å². The second-order valence-corrected chi connectivity index (χ2v) is 11.3. The van der Waals surface area contributed by atoms with E-state index in [4.69, 9.17) is 18.5 Å². The minimum atomic E-state index is -2.00. The van der Waals surface area contributed by atoms with Crippen LogP contribution in [0, 0.1) is 0 Å². The summed E-state index contributed by atoms with van der Waals surface area (Å²) >= 11 is 0. The minimum Gasteiger partial charge on any atom is -0.493 e. The molecule has 220 valence electrons. The summed E-state index contributed by atoms with van der Waals surface area (Å²) in [7, 11) is 2.05. The molecule has 2 unspecified atom stereocenters. The molecule has 0 amide bonds. The van der Waals surface area contributed by atoms with E-state index in [0.29, 0.717) is 26.1 Å². The number of nitrogens with zero attached hydrogens (tertiary/aromatic N) is 1. The van der Waals surface area contributed by atoms with E-state index in [2.05, 4.69) is 11.8 Å². The lowest BCUT2D eigenvalue weighted by molar-refractivity contribution is -0.135. The third-order valence-electron chi connectivity index (χ3n) is 6.50. The lowest BCUT2D eigenvalue weighted by atomic mass is 10.1. The summed E-state index contributed by atoms with van der Waals surface area (Å²) in [5.74, 6) is 0.804. The first-order chi connectivity index (χ1) is 18.6. The Morgan fingerprint density at radius 2 is 1.45 bits per heavy atom. The third-order valence-corrected chi connectivity index (χ3v) is 7.27. The van der Waals surface area contributed by atoms with Crippen LogP contribution in [-0.2, 0) is 25.0 Å². The number of para-hydroxylation sites is 1. The molecular weight excluding hydrogens is 501 g/mol. The van der Waals surface area contributed by atoms with Gasteiger partial charge in [-0.15, -0.1) is 0 Å². The topological polar surface area (TPSA) is 77.5 Å². The van der Waals surface area contributed by atoms with Crippen LogP contribution in [0.2, 0.25) is 0 Å². The van der Waals surface area contributed by atoms with Crippen molar-refractivity contribution < 1.29 is 28.2 Å². The van der Waals surface area contributed by atoms with E-state index in [0.717, 1.165) is 37.1 Å². The third kappa shape index (κ3) is 19.8. The van der Waals surface area contributed by atoms with Crippen molar-refractivity contribution in [2.24, 2.45) is 0 Å². The number of carbonyl (C=O) groups excluding carboxylic acids is 1. The summed E-state index contributed by atoms with van der Waals surface area (Å²) in [6, 6.07) is 7.82. The highest BCUT2D eigenvalue weighted by Crippen LogP contribution is 2.33. The van der Waals surface area contributed by atoms with Crippen molar-refractivity contribution in [2.75, 3.05) is 40.5 Å². The van der Waals surface area contributed by atoms with Gasteiger partial charge in [0.1, 0.15) is 11.9 Å². The minimum absolute atomic E-state index is 0.0612. The smallest absolute Gasteiger partial charge is 0.329 e. The second kappa shape index (κ2) is 24.8. The van der Waals surface area contributed by atoms with E-state index in [9.17, 15) is 9.69 Å². The molecule has 38 heavy (non-hydrogen) atoms. The quantitative estimate of drug-likeness (QED) is 0.0686. The molecule has 7 nitrogen and oxygen atoms in total. The maximum absolute atomic E-state index is 11.0. The lowest BCUT2D eigenvalue weighted by Crippen LogP contribution is -2.22. The summed E-state index contributed by atoms with van der Waals surface area (Å²) < 4.78 is 22.1. The molecule has 1 rings (SSSR count). The van der Waals surface area contributed by atoms with Crippen molar-refractivity contribution in [3.05, 3.63) is 29.8 Å². The molecule has 8 heteroatoms. The van der Waals surface area contributed by atoms with Crippen LogP contribution >= 0.6 is 8.60 Å². The largest absolute Gasteiger partial charge is 0.493 e. The molecule has 0 saturated carbocycles. The summed E-state index contributed by atoms with van der Waals surface area (Å²) in [4.78, 5) is 23.2. The molecule has 0 saturated heterocycles. The Morgan fingerprint density at radius 1 is 0.842 bits per heavy atom. The van der Waals surface area contributed by atoms with Gasteiger partial charge in [0.05, 0.1) is 19.8 Å². The Hall–Kier alpha value is -1.24. The molecular formula is C30H54NO6P. The number of hydrogen-bond acceptors (Lipinski definition) is 7. The zero-order valence-electron chi connectivity index (χ0n) is 24.3. The van der Waals surface area contributed by atoms with E-state index in [-0.39, 0.29) is 6.61 Å². The van der Waals surface area contributed by atoms with Crippen LogP contribution in [0.1, 0.15) is 102 Å². The Kier molecular flexibility index (Phi) is 22.7. The van der Waals surface area contributed by atoms with Gasteiger partial charge in [-0.3, -0.25) is 4.79 Å². The highest BCUT2D eigenvalue weighted by atomic mass is 31.2. The molecule has 1 N–H and O–H groups in total. The van der Waals surface area contributed by atoms with Crippen LogP contribution in [0.15, 0.2) is 24.3 Å². The molecule has 1 aromatic rings. The van der Waals surface area contributed by atoms with Crippen molar-refractivity contribution in [3.63, 3.8) is 0 Å². The van der Waals surface area contributed by atoms with Gasteiger partial charge in [-0.1, -0.05) is 95.8 Å². The maximum atomic E-state index is 11.0. The van der Waals surface area contributed by atoms with E-state index in [1.54, 1.807) is 0 Å².